The first-order valence-electron chi connectivity index (χ1n) is 4.10. The van der Waals surface area contributed by atoms with E-state index in [9.17, 15) is 0 Å². The van der Waals surface area contributed by atoms with Crippen molar-refractivity contribution in [3.05, 3.63) is 36.2 Å². The van der Waals surface area contributed by atoms with Gasteiger partial charge in [-0.3, -0.25) is 4.98 Å². The number of thiophene rings is 1. The van der Waals surface area contributed by atoms with Crippen molar-refractivity contribution in [3.63, 3.8) is 0 Å². The lowest BCUT2D eigenvalue weighted by Gasteiger charge is -1.96. The highest BCUT2D eigenvalue weighted by atomic mass is 32.1. The third-order valence-electron chi connectivity index (χ3n) is 2.02. The van der Waals surface area contributed by atoms with Gasteiger partial charge < -0.3 is 4.52 Å². The molecule has 0 spiro atoms. The monoisotopic (exact) mass is 201 g/mol. The minimum absolute atomic E-state index is 0.875. The highest BCUT2D eigenvalue weighted by Gasteiger charge is 2.07. The number of fused-ring (bicyclic) bond motifs is 1. The first-order valence-corrected chi connectivity index (χ1v) is 4.98. The summed E-state index contributed by atoms with van der Waals surface area (Å²) in [6.07, 6.45) is 6.17. The van der Waals surface area contributed by atoms with E-state index in [0.717, 1.165) is 21.3 Å². The second-order valence-electron chi connectivity index (χ2n) is 2.83. The predicted molar refractivity (Wildman–Crippen MR) is 54.0 cm³/mol. The zero-order chi connectivity index (χ0) is 9.38. The average Bonchev–Trinajstić information content (AvgIpc) is 2.88. The van der Waals surface area contributed by atoms with Crippen molar-refractivity contribution in [1.29, 1.82) is 0 Å². The molecule has 0 aromatic carbocycles. The molecule has 0 aliphatic heterocycles. The molecular formula is C10H5N2OS. The van der Waals surface area contributed by atoms with Crippen molar-refractivity contribution in [3.8, 4) is 11.1 Å². The molecule has 0 saturated heterocycles. The molecule has 3 heterocycles. The number of pyridine rings is 1. The molecule has 3 aromatic heterocycles. The Kier molecular flexibility index (Phi) is 1.61. The molecule has 0 fully saturated rings. The van der Waals surface area contributed by atoms with E-state index in [1.807, 2.05) is 17.5 Å². The summed E-state index contributed by atoms with van der Waals surface area (Å²) in [4.78, 5) is 4.26. The van der Waals surface area contributed by atoms with Crippen LogP contribution in [-0.2, 0) is 0 Å². The third kappa shape index (κ3) is 1.04. The maximum absolute atomic E-state index is 4.77. The zero-order valence-electron chi connectivity index (χ0n) is 7.10. The molecule has 0 aliphatic carbocycles. The fourth-order valence-electron chi connectivity index (χ4n) is 1.39. The molecule has 0 saturated carbocycles. The van der Waals surface area contributed by atoms with Crippen LogP contribution < -0.4 is 0 Å². The largest absolute Gasteiger partial charge is 0.363 e. The van der Waals surface area contributed by atoms with E-state index in [-0.39, 0.29) is 0 Å². The van der Waals surface area contributed by atoms with Gasteiger partial charge in [-0.15, -0.1) is 11.3 Å². The lowest BCUT2D eigenvalue weighted by atomic mass is 10.1. The minimum Gasteiger partial charge on any atom is -0.363 e. The van der Waals surface area contributed by atoms with Crippen LogP contribution in [0, 0.1) is 6.20 Å². The number of hydrogen-bond acceptors (Lipinski definition) is 4. The number of rotatable bonds is 1. The van der Waals surface area contributed by atoms with Crippen molar-refractivity contribution in [2.45, 2.75) is 0 Å². The fraction of sp³-hybridized carbons (Fsp3) is 0. The molecule has 67 valence electrons. The quantitative estimate of drug-likeness (QED) is 0.607. The Morgan fingerprint density at radius 2 is 2.36 bits per heavy atom. The van der Waals surface area contributed by atoms with Crippen LogP contribution >= 0.6 is 11.3 Å². The molecule has 1 radical (unpaired) electrons. The van der Waals surface area contributed by atoms with Crippen molar-refractivity contribution in [1.82, 2.24) is 10.1 Å². The van der Waals surface area contributed by atoms with Gasteiger partial charge in [0, 0.05) is 11.8 Å². The first-order chi connectivity index (χ1) is 6.95. The molecule has 4 heteroatoms. The summed E-state index contributed by atoms with van der Waals surface area (Å²) in [5.74, 6) is 0. The van der Waals surface area contributed by atoms with E-state index < -0.39 is 0 Å². The smallest absolute Gasteiger partial charge is 0.144 e. The molecule has 0 N–H and O–H groups in total. The molecule has 0 amide bonds. The van der Waals surface area contributed by atoms with Crippen molar-refractivity contribution >= 4 is 21.6 Å². The van der Waals surface area contributed by atoms with Gasteiger partial charge in [-0.05, 0) is 17.5 Å². The van der Waals surface area contributed by atoms with E-state index in [2.05, 4.69) is 16.3 Å². The summed E-state index contributed by atoms with van der Waals surface area (Å²) in [7, 11) is 0. The van der Waals surface area contributed by atoms with Gasteiger partial charge in [-0.1, -0.05) is 5.16 Å². The van der Waals surface area contributed by atoms with Crippen molar-refractivity contribution < 1.29 is 4.52 Å². The average molecular weight is 201 g/mol. The van der Waals surface area contributed by atoms with Crippen LogP contribution in [0.25, 0.3) is 21.3 Å². The van der Waals surface area contributed by atoms with Crippen LogP contribution in [0.4, 0.5) is 0 Å². The van der Waals surface area contributed by atoms with Gasteiger partial charge in [-0.2, -0.15) is 0 Å². The van der Waals surface area contributed by atoms with Crippen LogP contribution in [-0.4, -0.2) is 10.1 Å². The van der Waals surface area contributed by atoms with Gasteiger partial charge in [0.15, 0.2) is 0 Å². The van der Waals surface area contributed by atoms with Crippen LogP contribution in [0.1, 0.15) is 0 Å². The molecule has 14 heavy (non-hydrogen) atoms. The molecule has 3 aromatic rings. The van der Waals surface area contributed by atoms with E-state index in [1.54, 1.807) is 23.8 Å². The van der Waals surface area contributed by atoms with Gasteiger partial charge in [0.2, 0.25) is 0 Å². The van der Waals surface area contributed by atoms with E-state index >= 15 is 0 Å². The van der Waals surface area contributed by atoms with Gasteiger partial charge >= 0.3 is 0 Å². The Labute approximate surface area is 84.0 Å². The first kappa shape index (κ1) is 7.70. The maximum atomic E-state index is 4.77. The summed E-state index contributed by atoms with van der Waals surface area (Å²) >= 11 is 1.66. The van der Waals surface area contributed by atoms with Gasteiger partial charge in [-0.25, -0.2) is 0 Å². The molecule has 0 unspecified atom stereocenters. The molecule has 0 atom stereocenters. The van der Waals surface area contributed by atoms with E-state index in [4.69, 9.17) is 4.52 Å². The molecule has 0 bridgehead atoms. The van der Waals surface area contributed by atoms with Gasteiger partial charge in [0.1, 0.15) is 12.5 Å². The highest BCUT2D eigenvalue weighted by Crippen LogP contribution is 2.30. The number of nitrogens with zero attached hydrogens (tertiary/aromatic N) is 2. The predicted octanol–water partition coefficient (Wildman–Crippen LogP) is 2.75. The third-order valence-corrected chi connectivity index (χ3v) is 2.96. The van der Waals surface area contributed by atoms with Gasteiger partial charge in [0.05, 0.1) is 15.8 Å². The standard InChI is InChI=1S/C10H5N2OS/c1-3-11-9-2-4-14-10(9)8(1)7-5-12-13-6-7/h1-4,6H. The molecule has 0 aliphatic rings. The van der Waals surface area contributed by atoms with Crippen LogP contribution in [0.2, 0.25) is 0 Å². The lowest BCUT2D eigenvalue weighted by molar-refractivity contribution is 0.418. The Morgan fingerprint density at radius 3 is 3.21 bits per heavy atom. The summed E-state index contributed by atoms with van der Waals surface area (Å²) in [6.45, 7) is 0. The number of hydrogen-bond donors (Lipinski definition) is 0. The van der Waals surface area contributed by atoms with Crippen LogP contribution in [0.3, 0.4) is 0 Å². The summed E-state index contributed by atoms with van der Waals surface area (Å²) in [6, 6.07) is 3.94. The van der Waals surface area contributed by atoms with Crippen molar-refractivity contribution in [2.24, 2.45) is 0 Å². The van der Waals surface area contributed by atoms with Crippen LogP contribution in [0.15, 0.2) is 34.5 Å². The Hall–Kier alpha value is -1.68. The zero-order valence-corrected chi connectivity index (χ0v) is 7.91. The Bertz CT molecular complexity index is 556. The molecule has 3 nitrogen and oxygen atoms in total. The van der Waals surface area contributed by atoms with Crippen LogP contribution in [0.5, 0.6) is 0 Å². The Morgan fingerprint density at radius 1 is 1.36 bits per heavy atom. The minimum atomic E-state index is 0.875. The fourth-order valence-corrected chi connectivity index (χ4v) is 2.27. The second kappa shape index (κ2) is 2.92. The maximum Gasteiger partial charge on any atom is 0.144 e. The SMILES string of the molecule is [c]1nocc1-c1ccnc2ccsc12. The van der Waals surface area contributed by atoms with E-state index in [0.29, 0.717) is 0 Å². The highest BCUT2D eigenvalue weighted by molar-refractivity contribution is 7.17. The summed E-state index contributed by atoms with van der Waals surface area (Å²) < 4.78 is 5.92. The van der Waals surface area contributed by atoms with Gasteiger partial charge in [0.25, 0.3) is 0 Å². The normalized spacial score (nSPS) is 10.9. The summed E-state index contributed by atoms with van der Waals surface area (Å²) in [5, 5.41) is 5.60. The van der Waals surface area contributed by atoms with Crippen molar-refractivity contribution in [2.75, 3.05) is 0 Å². The second-order valence-corrected chi connectivity index (χ2v) is 3.75. The topological polar surface area (TPSA) is 38.9 Å². The van der Waals surface area contributed by atoms with E-state index in [1.165, 1.54) is 0 Å². The molecule has 3 rings (SSSR count). The molecular weight excluding hydrogens is 196 g/mol. The number of aromatic nitrogens is 2. The lowest BCUT2D eigenvalue weighted by Crippen LogP contribution is -1.77. The Balaban J connectivity index is 2.36. The summed E-state index contributed by atoms with van der Waals surface area (Å²) in [5.41, 5.74) is 2.95.